The molecule has 1 saturated heterocycles. The van der Waals surface area contributed by atoms with Crippen molar-refractivity contribution in [1.29, 1.82) is 0 Å². The van der Waals surface area contributed by atoms with Gasteiger partial charge in [0.15, 0.2) is 0 Å². The van der Waals surface area contributed by atoms with Crippen LogP contribution in [0.2, 0.25) is 0 Å². The molecule has 1 aliphatic rings. The third-order valence-corrected chi connectivity index (χ3v) is 5.62. The zero-order valence-corrected chi connectivity index (χ0v) is 13.0. The Bertz CT molecular complexity index is 572. The number of likely N-dealkylation sites (N-methyl/N-ethyl adjacent to an activating group) is 1. The molecule has 1 fully saturated rings. The van der Waals surface area contributed by atoms with E-state index in [0.717, 1.165) is 18.4 Å². The maximum absolute atomic E-state index is 12.8. The summed E-state index contributed by atoms with van der Waals surface area (Å²) in [4.78, 5) is 0.261. The van der Waals surface area contributed by atoms with Gasteiger partial charge in [-0.15, -0.1) is 0 Å². The van der Waals surface area contributed by atoms with Crippen molar-refractivity contribution >= 4 is 10.0 Å². The lowest BCUT2D eigenvalue weighted by Gasteiger charge is -2.32. The minimum atomic E-state index is -3.50. The number of nitrogens with one attached hydrogen (secondary N) is 1. The molecule has 1 aliphatic heterocycles. The van der Waals surface area contributed by atoms with Crippen LogP contribution in [0.25, 0.3) is 0 Å². The van der Waals surface area contributed by atoms with Crippen LogP contribution in [0, 0.1) is 6.92 Å². The maximum atomic E-state index is 12.8. The number of piperidine rings is 1. The highest BCUT2D eigenvalue weighted by Gasteiger charge is 2.31. The number of ether oxygens (including phenoxy) is 1. The van der Waals surface area contributed by atoms with Crippen molar-refractivity contribution in [1.82, 2.24) is 9.62 Å². The van der Waals surface area contributed by atoms with Gasteiger partial charge in [0.25, 0.3) is 0 Å². The number of aryl methyl sites for hydroxylation is 1. The molecule has 0 aliphatic carbocycles. The van der Waals surface area contributed by atoms with Gasteiger partial charge in [-0.3, -0.25) is 0 Å². The van der Waals surface area contributed by atoms with Crippen molar-refractivity contribution in [2.45, 2.75) is 30.7 Å². The third-order valence-electron chi connectivity index (χ3n) is 3.73. The van der Waals surface area contributed by atoms with Gasteiger partial charge in [-0.05, 0) is 44.5 Å². The Morgan fingerprint density at radius 1 is 1.40 bits per heavy atom. The average molecular weight is 298 g/mol. The van der Waals surface area contributed by atoms with Gasteiger partial charge in [0, 0.05) is 19.1 Å². The molecule has 5 nitrogen and oxygen atoms in total. The molecule has 0 bridgehead atoms. The van der Waals surface area contributed by atoms with Gasteiger partial charge in [0.05, 0.1) is 7.11 Å². The van der Waals surface area contributed by atoms with Crippen molar-refractivity contribution in [2.24, 2.45) is 0 Å². The molecule has 0 aromatic heterocycles. The number of hydrogen-bond acceptors (Lipinski definition) is 4. The highest BCUT2D eigenvalue weighted by Crippen LogP contribution is 2.29. The summed E-state index contributed by atoms with van der Waals surface area (Å²) in [5, 5.41) is 3.16. The molecule has 1 N–H and O–H groups in total. The molecule has 0 radical (unpaired) electrons. The Balaban J connectivity index is 2.37. The molecule has 1 aromatic carbocycles. The fraction of sp³-hybridized carbons (Fsp3) is 0.571. The van der Waals surface area contributed by atoms with Crippen LogP contribution in [0.4, 0.5) is 0 Å². The molecule has 20 heavy (non-hydrogen) atoms. The van der Waals surface area contributed by atoms with Gasteiger partial charge in [-0.2, -0.15) is 4.31 Å². The molecule has 2 rings (SSSR count). The van der Waals surface area contributed by atoms with Crippen molar-refractivity contribution in [3.63, 3.8) is 0 Å². The molecule has 6 heteroatoms. The van der Waals surface area contributed by atoms with Gasteiger partial charge in [0.2, 0.25) is 10.0 Å². The lowest BCUT2D eigenvalue weighted by Crippen LogP contribution is -2.46. The van der Waals surface area contributed by atoms with Gasteiger partial charge in [0.1, 0.15) is 10.6 Å². The fourth-order valence-electron chi connectivity index (χ4n) is 2.52. The summed E-state index contributed by atoms with van der Waals surface area (Å²) >= 11 is 0. The second-order valence-electron chi connectivity index (χ2n) is 5.15. The lowest BCUT2D eigenvalue weighted by molar-refractivity contribution is 0.291. The number of sulfonamides is 1. The van der Waals surface area contributed by atoms with E-state index in [-0.39, 0.29) is 10.9 Å². The van der Waals surface area contributed by atoms with Crippen molar-refractivity contribution in [2.75, 3.05) is 27.2 Å². The summed E-state index contributed by atoms with van der Waals surface area (Å²) in [5.41, 5.74) is 0.909. The Morgan fingerprint density at radius 2 is 2.15 bits per heavy atom. The van der Waals surface area contributed by atoms with Gasteiger partial charge in [-0.25, -0.2) is 8.42 Å². The normalized spacial score (nSPS) is 20.9. The summed E-state index contributed by atoms with van der Waals surface area (Å²) in [7, 11) is -0.137. The van der Waals surface area contributed by atoms with E-state index in [4.69, 9.17) is 4.74 Å². The number of rotatable bonds is 4. The number of hydrogen-bond donors (Lipinski definition) is 1. The monoisotopic (exact) mass is 298 g/mol. The topological polar surface area (TPSA) is 58.6 Å². The second-order valence-corrected chi connectivity index (χ2v) is 7.05. The van der Waals surface area contributed by atoms with Crippen LogP contribution in [0.5, 0.6) is 5.75 Å². The molecular formula is C14H22N2O3S. The van der Waals surface area contributed by atoms with E-state index >= 15 is 0 Å². The summed E-state index contributed by atoms with van der Waals surface area (Å²) in [5.74, 6) is 0.405. The van der Waals surface area contributed by atoms with Crippen LogP contribution in [-0.4, -0.2) is 46.0 Å². The predicted molar refractivity (Wildman–Crippen MR) is 78.6 cm³/mol. The molecule has 0 unspecified atom stereocenters. The number of nitrogens with zero attached hydrogens (tertiary/aromatic N) is 1. The third kappa shape index (κ3) is 2.97. The van der Waals surface area contributed by atoms with Crippen LogP contribution in [0.15, 0.2) is 23.1 Å². The quantitative estimate of drug-likeness (QED) is 0.912. The highest BCUT2D eigenvalue weighted by molar-refractivity contribution is 7.89. The summed E-state index contributed by atoms with van der Waals surface area (Å²) in [6, 6.07) is 5.46. The largest absolute Gasteiger partial charge is 0.495 e. The molecule has 1 atom stereocenters. The highest BCUT2D eigenvalue weighted by atomic mass is 32.2. The van der Waals surface area contributed by atoms with Crippen LogP contribution >= 0.6 is 0 Å². The lowest BCUT2D eigenvalue weighted by atomic mass is 10.1. The molecule has 0 spiro atoms. The number of methoxy groups -OCH3 is 1. The van der Waals surface area contributed by atoms with Crippen molar-refractivity contribution in [3.8, 4) is 5.75 Å². The van der Waals surface area contributed by atoms with Crippen molar-refractivity contribution in [3.05, 3.63) is 23.8 Å². The Kier molecular flexibility index (Phi) is 4.67. The first-order valence-corrected chi connectivity index (χ1v) is 8.25. The zero-order chi connectivity index (χ0) is 14.8. The SMILES string of the molecule is CN[C@H]1CCCN(S(=O)(=O)c2cc(C)ccc2OC)C1. The van der Waals surface area contributed by atoms with E-state index in [1.54, 1.807) is 16.4 Å². The standard InChI is InChI=1S/C14H22N2O3S/c1-11-6-7-13(19-3)14(9-11)20(17,18)16-8-4-5-12(10-16)15-2/h6-7,9,12,15H,4-5,8,10H2,1-3H3/t12-/m0/s1. The predicted octanol–water partition coefficient (Wildman–Crippen LogP) is 1.38. The van der Waals surface area contributed by atoms with Gasteiger partial charge < -0.3 is 10.1 Å². The first kappa shape index (κ1) is 15.3. The smallest absolute Gasteiger partial charge is 0.246 e. The van der Waals surface area contributed by atoms with Gasteiger partial charge >= 0.3 is 0 Å². The van der Waals surface area contributed by atoms with Crippen molar-refractivity contribution < 1.29 is 13.2 Å². The molecule has 112 valence electrons. The van der Waals surface area contributed by atoms with Gasteiger partial charge in [-0.1, -0.05) is 6.07 Å². The zero-order valence-electron chi connectivity index (χ0n) is 12.2. The molecule has 0 amide bonds. The second kappa shape index (κ2) is 6.11. The Morgan fingerprint density at radius 3 is 2.80 bits per heavy atom. The first-order valence-electron chi connectivity index (χ1n) is 6.81. The minimum Gasteiger partial charge on any atom is -0.495 e. The first-order chi connectivity index (χ1) is 9.48. The maximum Gasteiger partial charge on any atom is 0.246 e. The van der Waals surface area contributed by atoms with Crippen LogP contribution in [0.3, 0.4) is 0 Å². The van der Waals surface area contributed by atoms with Crippen LogP contribution < -0.4 is 10.1 Å². The van der Waals surface area contributed by atoms with E-state index in [2.05, 4.69) is 5.32 Å². The average Bonchev–Trinajstić information content (AvgIpc) is 2.47. The Hall–Kier alpha value is -1.11. The van der Waals surface area contributed by atoms with E-state index in [9.17, 15) is 8.42 Å². The Labute approximate surface area is 121 Å². The molecule has 1 heterocycles. The van der Waals surface area contributed by atoms with E-state index in [0.29, 0.717) is 18.8 Å². The summed E-state index contributed by atoms with van der Waals surface area (Å²) in [6.07, 6.45) is 1.88. The van der Waals surface area contributed by atoms with E-state index < -0.39 is 10.0 Å². The van der Waals surface area contributed by atoms with Crippen LogP contribution in [-0.2, 0) is 10.0 Å². The van der Waals surface area contributed by atoms with E-state index in [1.807, 2.05) is 20.0 Å². The number of benzene rings is 1. The summed E-state index contributed by atoms with van der Waals surface area (Å²) in [6.45, 7) is 2.96. The minimum absolute atomic E-state index is 0.217. The molecule has 0 saturated carbocycles. The van der Waals surface area contributed by atoms with E-state index in [1.165, 1.54) is 7.11 Å². The molecule has 1 aromatic rings. The van der Waals surface area contributed by atoms with Crippen LogP contribution in [0.1, 0.15) is 18.4 Å². The molecular weight excluding hydrogens is 276 g/mol. The fourth-order valence-corrected chi connectivity index (χ4v) is 4.29. The summed E-state index contributed by atoms with van der Waals surface area (Å²) < 4.78 is 32.4.